The van der Waals surface area contributed by atoms with Crippen LogP contribution in [0.3, 0.4) is 0 Å². The Kier molecular flexibility index (Phi) is 19.7. The quantitative estimate of drug-likeness (QED) is 0.102. The average Bonchev–Trinajstić information content (AvgIpc) is 1.57. The Labute approximate surface area is 569 Å². The largest absolute Gasteiger partial charge is 0.553 e. The number of benzene rings is 8. The average molecular weight is 1240 g/mol. The molecular weight excluding hydrogens is 1140 g/mol. The Morgan fingerprint density at radius 2 is 0.500 bits per heavy atom. The highest BCUT2D eigenvalue weighted by Gasteiger charge is 2.70. The number of unbranched alkanes of at least 4 members (excludes halogenated alkanes) is 2. The van der Waals surface area contributed by atoms with Gasteiger partial charge in [-0.1, -0.05) is 282 Å². The number of rotatable bonds is 14. The molecule has 8 aliphatic heterocycles. The van der Waals surface area contributed by atoms with Crippen LogP contribution in [-0.4, -0.2) is 128 Å². The predicted molar refractivity (Wildman–Crippen MR) is 389 cm³/mol. The first-order chi connectivity index (χ1) is 45.8. The summed E-state index contributed by atoms with van der Waals surface area (Å²) in [5.74, 6) is 0. The fourth-order valence-electron chi connectivity index (χ4n) is 18.8. The van der Waals surface area contributed by atoms with E-state index in [1.807, 2.05) is 0 Å². The molecule has 8 nitrogen and oxygen atoms in total. The standard InChI is InChI=1S/2C21H26B2NO.2C18H20B2NO/c2*1-2-3-16-23-24(22)17-10-15-20(24)21(25-23,18-11-6-4-7-12-18)19-13-8-5-9-14-19;2*1-20-21(19)14-8-13-17(21)18(22-20,15-9-4-2-5-10-15)16-11-6-3-7-12-16/h2*4-9,11-14,20H,2-3,10,15-17H2,1H3;2*2-7,9-12,17H,8,13-14H2,1H3/q4*+1/t2*20-,24-;2*17-,21-/m1010/s1. The number of hydrogen-bond donors (Lipinski definition) is 0. The predicted octanol–water partition coefficient (Wildman–Crippen LogP) is 14.9. The fraction of sp³-hybridized carbons (Fsp3) is 0.385. The summed E-state index contributed by atoms with van der Waals surface area (Å²) in [4.78, 5) is 0. The molecule has 8 aromatic rings. The summed E-state index contributed by atoms with van der Waals surface area (Å²) in [7, 11) is 27.7. The van der Waals surface area contributed by atoms with Crippen molar-refractivity contribution in [1.29, 1.82) is 0 Å². The van der Waals surface area contributed by atoms with Crippen LogP contribution in [-0.2, 0) is 41.0 Å². The van der Waals surface area contributed by atoms with Crippen molar-refractivity contribution in [2.75, 3.05) is 26.2 Å². The summed E-state index contributed by atoms with van der Waals surface area (Å²) in [5, 5.41) is 0. The molecule has 16 heteroatoms. The topological polar surface area (TPSA) is 36.9 Å². The number of fused-ring (bicyclic) bond motifs is 4. The molecule has 0 bridgehead atoms. The van der Waals surface area contributed by atoms with E-state index in [9.17, 15) is 0 Å². The molecule has 8 aliphatic rings. The van der Waals surface area contributed by atoms with E-state index in [2.05, 4.69) is 270 Å². The van der Waals surface area contributed by atoms with Gasteiger partial charge >= 0.3 is 60.1 Å². The van der Waals surface area contributed by atoms with Crippen molar-refractivity contribution in [2.45, 2.75) is 164 Å². The van der Waals surface area contributed by atoms with Crippen LogP contribution >= 0.6 is 0 Å². The third-order valence-electron chi connectivity index (χ3n) is 23.3. The van der Waals surface area contributed by atoms with Gasteiger partial charge < -0.3 is 35.8 Å². The first kappa shape index (κ1) is 66.6. The van der Waals surface area contributed by atoms with Gasteiger partial charge in [0.2, 0.25) is 0 Å². The highest BCUT2D eigenvalue weighted by Crippen LogP contribution is 2.57. The molecule has 0 aromatic heterocycles. The second kappa shape index (κ2) is 27.8. The Bertz CT molecular complexity index is 3320. The van der Waals surface area contributed by atoms with E-state index in [0.29, 0.717) is 17.2 Å². The van der Waals surface area contributed by atoms with Crippen LogP contribution in [0.2, 0.25) is 26.3 Å². The smallest absolute Gasteiger partial charge is 0.437 e. The third kappa shape index (κ3) is 11.3. The van der Waals surface area contributed by atoms with Gasteiger partial charge in [0.05, 0.1) is 24.2 Å². The van der Waals surface area contributed by atoms with Gasteiger partial charge in [0.1, 0.15) is 0 Å². The summed E-state index contributed by atoms with van der Waals surface area (Å²) in [6.07, 6.45) is 15.8. The molecule has 0 aliphatic carbocycles. The minimum atomic E-state index is -0.438. The van der Waals surface area contributed by atoms with E-state index >= 15 is 0 Å². The molecule has 0 N–H and O–H groups in total. The lowest BCUT2D eigenvalue weighted by Gasteiger charge is -2.39. The zero-order chi connectivity index (χ0) is 65.1. The maximum Gasteiger partial charge on any atom is 0.553 e. The number of nitrogens with zero attached hydrogens (tertiary/aromatic N) is 4. The van der Waals surface area contributed by atoms with Gasteiger partial charge in [-0.2, -0.15) is 0 Å². The Hall–Kier alpha value is -6.04. The summed E-state index contributed by atoms with van der Waals surface area (Å²) < 4.78 is 29.4. The van der Waals surface area contributed by atoms with Gasteiger partial charge in [-0.05, 0) is 70.2 Å². The van der Waals surface area contributed by atoms with Crippen LogP contribution in [0.4, 0.5) is 0 Å². The maximum absolute atomic E-state index is 7.01. The van der Waals surface area contributed by atoms with Crippen molar-refractivity contribution in [3.8, 4) is 0 Å². The van der Waals surface area contributed by atoms with E-state index in [1.54, 1.807) is 0 Å². The van der Waals surface area contributed by atoms with E-state index in [-0.39, 0.29) is 52.4 Å². The second-order valence-electron chi connectivity index (χ2n) is 28.2. The van der Waals surface area contributed by atoms with Crippen molar-refractivity contribution in [3.63, 3.8) is 0 Å². The lowest BCUT2D eigenvalue weighted by atomic mass is 9.68. The van der Waals surface area contributed by atoms with Crippen molar-refractivity contribution >= 4 is 60.1 Å². The monoisotopic (exact) mass is 1240 g/mol. The van der Waals surface area contributed by atoms with Crippen molar-refractivity contribution in [2.24, 2.45) is 0 Å². The first-order valence-electron chi connectivity index (χ1n) is 35.6. The summed E-state index contributed by atoms with van der Waals surface area (Å²) in [6, 6.07) is 86.3. The highest BCUT2D eigenvalue weighted by molar-refractivity contribution is 6.50. The fourth-order valence-corrected chi connectivity index (χ4v) is 18.8. The molecule has 8 heterocycles. The lowest BCUT2D eigenvalue weighted by molar-refractivity contribution is -0.717. The molecule has 468 valence electrons. The van der Waals surface area contributed by atoms with Crippen molar-refractivity contribution in [1.82, 2.24) is 0 Å². The molecule has 0 saturated carbocycles. The van der Waals surface area contributed by atoms with E-state index in [1.165, 1.54) is 70.2 Å². The second-order valence-corrected chi connectivity index (χ2v) is 28.2. The van der Waals surface area contributed by atoms with E-state index in [4.69, 9.17) is 50.5 Å². The molecule has 8 atom stereocenters. The summed E-state index contributed by atoms with van der Waals surface area (Å²) in [6.45, 7) is 12.7. The van der Waals surface area contributed by atoms with Crippen LogP contribution in [0.5, 0.6) is 0 Å². The minimum Gasteiger partial charge on any atom is -0.437 e. The molecule has 8 radical (unpaired) electrons. The number of quaternary nitrogens is 4. The maximum atomic E-state index is 7.01. The van der Waals surface area contributed by atoms with Gasteiger partial charge in [0.15, 0.2) is 22.4 Å². The van der Waals surface area contributed by atoms with Crippen LogP contribution in [0.25, 0.3) is 0 Å². The van der Waals surface area contributed by atoms with Crippen LogP contribution in [0.1, 0.15) is 135 Å². The van der Waals surface area contributed by atoms with Gasteiger partial charge in [-0.3, -0.25) is 0 Å². The third-order valence-corrected chi connectivity index (χ3v) is 23.3. The van der Waals surface area contributed by atoms with Gasteiger partial charge in [0.25, 0.3) is 0 Å². The molecule has 8 fully saturated rings. The normalized spacial score (nSPS) is 28.4. The number of hydrogen-bond acceptors (Lipinski definition) is 4. The van der Waals surface area contributed by atoms with Gasteiger partial charge in [-0.15, -0.1) is 0 Å². The molecule has 0 amide bonds. The summed E-state index contributed by atoms with van der Waals surface area (Å²) in [5.41, 5.74) is 8.05. The molecule has 8 aromatic carbocycles. The zero-order valence-electron chi connectivity index (χ0n) is 56.2. The van der Waals surface area contributed by atoms with Crippen molar-refractivity contribution < 1.29 is 35.8 Å². The Balaban J connectivity index is 0.000000114. The Morgan fingerprint density at radius 1 is 0.309 bits per heavy atom. The molecule has 94 heavy (non-hydrogen) atoms. The minimum absolute atomic E-state index is 0.00733. The first-order valence-corrected chi connectivity index (χ1v) is 35.6. The van der Waals surface area contributed by atoms with Crippen LogP contribution in [0, 0.1) is 0 Å². The molecule has 0 spiro atoms. The molecule has 0 unspecified atom stereocenters. The molecule has 8 saturated heterocycles. The Morgan fingerprint density at radius 3 is 0.713 bits per heavy atom. The van der Waals surface area contributed by atoms with Gasteiger partial charge in [0, 0.05) is 78.1 Å². The van der Waals surface area contributed by atoms with Crippen LogP contribution in [0.15, 0.2) is 243 Å². The van der Waals surface area contributed by atoms with E-state index in [0.717, 1.165) is 90.2 Å². The van der Waals surface area contributed by atoms with Crippen LogP contribution < -0.4 is 0 Å². The van der Waals surface area contributed by atoms with Gasteiger partial charge in [-0.25, -0.2) is 0 Å². The molecular formula is C78H92B8N4O4+4. The zero-order valence-corrected chi connectivity index (χ0v) is 56.2. The summed E-state index contributed by atoms with van der Waals surface area (Å²) >= 11 is 0. The van der Waals surface area contributed by atoms with Crippen molar-refractivity contribution in [3.05, 3.63) is 287 Å². The van der Waals surface area contributed by atoms with E-state index < -0.39 is 22.4 Å². The molecule has 16 rings (SSSR count). The highest BCUT2D eigenvalue weighted by atomic mass is 16.5. The SMILES string of the molecule is [B][N@+]12CCC[C@H]1C(c1ccccc1)(c1ccccc1)OB2C.[B][N@+]12CCC[C@H]1C(c1ccccc1)(c1ccccc1)OB2CCCC.[B][N@@+]12CCC[C@@H]1C(c1ccccc1)(c1ccccc1)OB2C.[B][N@@+]12CCC[C@@H]1C(c1ccccc1)(c1ccccc1)OB2CCCC. The lowest BCUT2D eigenvalue weighted by Crippen LogP contribution is -2.56.